The van der Waals surface area contributed by atoms with Crippen molar-refractivity contribution in [2.75, 3.05) is 25.4 Å². The van der Waals surface area contributed by atoms with Crippen molar-refractivity contribution in [1.82, 2.24) is 5.32 Å². The second-order valence-corrected chi connectivity index (χ2v) is 4.39. The molecule has 1 rings (SSSR count). The Morgan fingerprint density at radius 3 is 2.79 bits per heavy atom. The van der Waals surface area contributed by atoms with Gasteiger partial charge in [0.15, 0.2) is 0 Å². The fourth-order valence-corrected chi connectivity index (χ4v) is 1.68. The molecule has 0 aromatic heterocycles. The minimum Gasteiger partial charge on any atom is -0.461 e. The van der Waals surface area contributed by atoms with Gasteiger partial charge in [-0.2, -0.15) is 0 Å². The lowest BCUT2D eigenvalue weighted by molar-refractivity contribution is 0.0509. The van der Waals surface area contributed by atoms with E-state index in [0.717, 1.165) is 19.4 Å². The summed E-state index contributed by atoms with van der Waals surface area (Å²) in [6.45, 7) is 4.06. The molecule has 0 heterocycles. The highest BCUT2D eigenvalue weighted by molar-refractivity contribution is 6.33. The second-order valence-electron chi connectivity index (χ2n) is 3.98. The van der Waals surface area contributed by atoms with E-state index in [-0.39, 0.29) is 12.4 Å². The number of nitrogen functional groups attached to an aromatic ring is 1. The fraction of sp³-hybridized carbons (Fsp3) is 0.462. The SMILES string of the molecule is CCCCNCCOC(=O)c1ccc(N)cc1Cl.Cl. The topological polar surface area (TPSA) is 64.3 Å². The average Bonchev–Trinajstić information content (AvgIpc) is 2.33. The third-order valence-corrected chi connectivity index (χ3v) is 2.74. The summed E-state index contributed by atoms with van der Waals surface area (Å²) >= 11 is 5.91. The van der Waals surface area contributed by atoms with Gasteiger partial charge < -0.3 is 15.8 Å². The number of benzene rings is 1. The van der Waals surface area contributed by atoms with Gasteiger partial charge in [0, 0.05) is 12.2 Å². The summed E-state index contributed by atoms with van der Waals surface area (Å²) in [6.07, 6.45) is 2.27. The first kappa shape index (κ1) is 18.0. The van der Waals surface area contributed by atoms with E-state index in [1.807, 2.05) is 0 Å². The van der Waals surface area contributed by atoms with Gasteiger partial charge in [-0.25, -0.2) is 4.79 Å². The number of nitrogens with two attached hydrogens (primary N) is 1. The first-order chi connectivity index (χ1) is 8.65. The molecule has 0 bridgehead atoms. The number of carbonyl (C=O) groups excluding carboxylic acids is 1. The van der Waals surface area contributed by atoms with E-state index in [9.17, 15) is 4.79 Å². The molecule has 1 aromatic carbocycles. The lowest BCUT2D eigenvalue weighted by atomic mass is 10.2. The van der Waals surface area contributed by atoms with Crippen LogP contribution in [0.4, 0.5) is 5.69 Å². The van der Waals surface area contributed by atoms with Crippen LogP contribution in [0.15, 0.2) is 18.2 Å². The molecule has 0 atom stereocenters. The van der Waals surface area contributed by atoms with Gasteiger partial charge in [0.05, 0.1) is 10.6 Å². The average molecular weight is 307 g/mol. The fourth-order valence-electron chi connectivity index (χ4n) is 1.42. The van der Waals surface area contributed by atoms with Crippen LogP contribution in [0.25, 0.3) is 0 Å². The van der Waals surface area contributed by atoms with Crippen molar-refractivity contribution in [3.8, 4) is 0 Å². The van der Waals surface area contributed by atoms with Crippen LogP contribution in [0.1, 0.15) is 30.1 Å². The first-order valence-corrected chi connectivity index (χ1v) is 6.45. The maximum absolute atomic E-state index is 11.7. The van der Waals surface area contributed by atoms with Crippen molar-refractivity contribution < 1.29 is 9.53 Å². The summed E-state index contributed by atoms with van der Waals surface area (Å²) in [5.74, 6) is -0.419. The van der Waals surface area contributed by atoms with Crippen LogP contribution in [0.3, 0.4) is 0 Å². The molecule has 0 saturated heterocycles. The lowest BCUT2D eigenvalue weighted by Crippen LogP contribution is -2.22. The Kier molecular flexibility index (Phi) is 9.39. The van der Waals surface area contributed by atoms with E-state index >= 15 is 0 Å². The Morgan fingerprint density at radius 1 is 1.42 bits per heavy atom. The third-order valence-electron chi connectivity index (χ3n) is 2.43. The van der Waals surface area contributed by atoms with Gasteiger partial charge in [-0.1, -0.05) is 24.9 Å². The number of esters is 1. The van der Waals surface area contributed by atoms with Crippen LogP contribution in [0.5, 0.6) is 0 Å². The Labute approximate surface area is 125 Å². The molecule has 19 heavy (non-hydrogen) atoms. The maximum Gasteiger partial charge on any atom is 0.339 e. The van der Waals surface area contributed by atoms with Gasteiger partial charge in [0.2, 0.25) is 0 Å². The zero-order valence-corrected chi connectivity index (χ0v) is 12.5. The number of nitrogens with one attached hydrogen (secondary N) is 1. The first-order valence-electron chi connectivity index (χ1n) is 6.08. The molecule has 0 aliphatic rings. The van der Waals surface area contributed by atoms with Crippen LogP contribution in [-0.4, -0.2) is 25.7 Å². The molecule has 0 spiro atoms. The molecule has 6 heteroatoms. The third kappa shape index (κ3) is 6.66. The van der Waals surface area contributed by atoms with Gasteiger partial charge in [-0.15, -0.1) is 12.4 Å². The lowest BCUT2D eigenvalue weighted by Gasteiger charge is -2.07. The summed E-state index contributed by atoms with van der Waals surface area (Å²) in [7, 11) is 0. The van der Waals surface area contributed by atoms with Crippen LogP contribution in [0, 0.1) is 0 Å². The number of unbranched alkanes of at least 4 members (excludes halogenated alkanes) is 1. The van der Waals surface area contributed by atoms with Gasteiger partial charge in [-0.3, -0.25) is 0 Å². The Morgan fingerprint density at radius 2 is 2.16 bits per heavy atom. The largest absolute Gasteiger partial charge is 0.461 e. The zero-order chi connectivity index (χ0) is 13.4. The van der Waals surface area contributed by atoms with Gasteiger partial charge in [0.25, 0.3) is 0 Å². The van der Waals surface area contributed by atoms with E-state index in [1.54, 1.807) is 12.1 Å². The van der Waals surface area contributed by atoms with E-state index in [2.05, 4.69) is 12.2 Å². The second kappa shape index (κ2) is 9.89. The van der Waals surface area contributed by atoms with Crippen molar-refractivity contribution in [3.63, 3.8) is 0 Å². The van der Waals surface area contributed by atoms with E-state index in [0.29, 0.717) is 29.4 Å². The molecule has 0 saturated carbocycles. The Balaban J connectivity index is 0.00000324. The van der Waals surface area contributed by atoms with E-state index < -0.39 is 5.97 Å². The molecule has 0 radical (unpaired) electrons. The standard InChI is InChI=1S/C13H19ClN2O2.ClH/c1-2-3-6-16-7-8-18-13(17)11-5-4-10(15)9-12(11)14;/h4-5,9,16H,2-3,6-8,15H2,1H3;1H. The van der Waals surface area contributed by atoms with Crippen molar-refractivity contribution in [2.24, 2.45) is 0 Å². The van der Waals surface area contributed by atoms with Gasteiger partial charge >= 0.3 is 5.97 Å². The molecule has 4 nitrogen and oxygen atoms in total. The van der Waals surface area contributed by atoms with Crippen LogP contribution >= 0.6 is 24.0 Å². The molecule has 0 fully saturated rings. The van der Waals surface area contributed by atoms with Crippen molar-refractivity contribution >= 4 is 35.7 Å². The molecule has 3 N–H and O–H groups in total. The highest BCUT2D eigenvalue weighted by Crippen LogP contribution is 2.19. The summed E-state index contributed by atoms with van der Waals surface area (Å²) in [4.78, 5) is 11.7. The number of rotatable bonds is 7. The van der Waals surface area contributed by atoms with Crippen LogP contribution in [-0.2, 0) is 4.74 Å². The normalized spacial score (nSPS) is 9.79. The van der Waals surface area contributed by atoms with E-state index in [1.165, 1.54) is 6.07 Å². The molecule has 1 aromatic rings. The number of carbonyl (C=O) groups is 1. The molecular formula is C13H20Cl2N2O2. The highest BCUT2D eigenvalue weighted by atomic mass is 35.5. The predicted octanol–water partition coefficient (Wildman–Crippen LogP) is 2.89. The monoisotopic (exact) mass is 306 g/mol. The minimum atomic E-state index is -0.419. The van der Waals surface area contributed by atoms with Crippen molar-refractivity contribution in [2.45, 2.75) is 19.8 Å². The van der Waals surface area contributed by atoms with Crippen LogP contribution in [0.2, 0.25) is 5.02 Å². The quantitative estimate of drug-likeness (QED) is 0.462. The summed E-state index contributed by atoms with van der Waals surface area (Å²) in [5.41, 5.74) is 6.42. The van der Waals surface area contributed by atoms with Gasteiger partial charge in [0.1, 0.15) is 6.61 Å². The Hall–Kier alpha value is -0.970. The number of hydrogen-bond donors (Lipinski definition) is 2. The Bertz CT molecular complexity index is 400. The minimum absolute atomic E-state index is 0. The van der Waals surface area contributed by atoms with Crippen molar-refractivity contribution in [1.29, 1.82) is 0 Å². The number of anilines is 1. The smallest absolute Gasteiger partial charge is 0.339 e. The summed E-state index contributed by atoms with van der Waals surface area (Å²) < 4.78 is 5.10. The molecule has 0 unspecified atom stereocenters. The molecule has 108 valence electrons. The van der Waals surface area contributed by atoms with Crippen LogP contribution < -0.4 is 11.1 Å². The van der Waals surface area contributed by atoms with Gasteiger partial charge in [-0.05, 0) is 31.2 Å². The highest BCUT2D eigenvalue weighted by Gasteiger charge is 2.11. The number of hydrogen-bond acceptors (Lipinski definition) is 4. The van der Waals surface area contributed by atoms with Crippen molar-refractivity contribution in [3.05, 3.63) is 28.8 Å². The molecule has 0 aliphatic heterocycles. The molecule has 0 aliphatic carbocycles. The molecule has 0 amide bonds. The molecular weight excluding hydrogens is 287 g/mol. The zero-order valence-electron chi connectivity index (χ0n) is 10.9. The predicted molar refractivity (Wildman–Crippen MR) is 81.2 cm³/mol. The number of halogens is 2. The maximum atomic E-state index is 11.7. The summed E-state index contributed by atoms with van der Waals surface area (Å²) in [6, 6.07) is 4.74. The van der Waals surface area contributed by atoms with E-state index in [4.69, 9.17) is 22.1 Å². The summed E-state index contributed by atoms with van der Waals surface area (Å²) in [5, 5.41) is 3.51. The number of ether oxygens (including phenoxy) is 1.